The van der Waals surface area contributed by atoms with Crippen LogP contribution < -0.4 is 0 Å². The predicted molar refractivity (Wildman–Crippen MR) is 16.3 cm³/mol. The summed E-state index contributed by atoms with van der Waals surface area (Å²) in [5.74, 6) is 0. The Morgan fingerprint density at radius 1 is 1.60 bits per heavy atom. The summed E-state index contributed by atoms with van der Waals surface area (Å²) in [7, 11) is 0. The Morgan fingerprint density at radius 2 is 1.60 bits per heavy atom. The quantitative estimate of drug-likeness (QED) is 0.301. The first-order valence-electron chi connectivity index (χ1n) is 0.428. The summed E-state index contributed by atoms with van der Waals surface area (Å²) in [5, 5.41) is 6.76. The van der Waals surface area contributed by atoms with E-state index in [-0.39, 0.29) is 31.9 Å². The van der Waals surface area contributed by atoms with Crippen molar-refractivity contribution < 1.29 is 24.3 Å². The SMILES string of the molecule is Cl.[N-]=C=O.[Rh]. The Labute approximate surface area is 48.6 Å². The summed E-state index contributed by atoms with van der Waals surface area (Å²) in [5.41, 5.74) is 0. The summed E-state index contributed by atoms with van der Waals surface area (Å²) < 4.78 is 0. The van der Waals surface area contributed by atoms with Crippen molar-refractivity contribution in [1.82, 2.24) is 0 Å². The zero-order chi connectivity index (χ0) is 2.71. The second-order valence-electron chi connectivity index (χ2n) is 0.0913. The van der Waals surface area contributed by atoms with Crippen LogP contribution in [0.2, 0.25) is 0 Å². The fourth-order valence-corrected chi connectivity index (χ4v) is 0. The average Bonchev–Trinajstić information content (AvgIpc) is 0.918. The Kier molecular flexibility index (Phi) is 103. The van der Waals surface area contributed by atoms with Crippen LogP contribution in [0.5, 0.6) is 0 Å². The van der Waals surface area contributed by atoms with Gasteiger partial charge in [-0.3, -0.25) is 4.79 Å². The van der Waals surface area contributed by atoms with Crippen molar-refractivity contribution >= 4 is 18.5 Å². The fourth-order valence-electron chi connectivity index (χ4n) is 0. The van der Waals surface area contributed by atoms with Crippen LogP contribution in [-0.2, 0) is 24.3 Å². The zero-order valence-corrected chi connectivity index (χ0v) is 4.55. The fraction of sp³-hybridized carbons (Fsp3) is 0. The van der Waals surface area contributed by atoms with Gasteiger partial charge in [0.15, 0.2) is 0 Å². The number of hydrogen-bond acceptors (Lipinski definition) is 1. The molecule has 0 unspecified atom stereocenters. The third-order valence-corrected chi connectivity index (χ3v) is 0. The molecule has 2 nitrogen and oxygen atoms in total. The first kappa shape index (κ1) is 18.6. The maximum atomic E-state index is 8.24. The number of nitrogens with zero attached hydrogens (tertiary/aromatic N) is 1. The molecule has 0 amide bonds. The number of carbonyl (C=O) groups excluding carboxylic acids is 1. The summed E-state index contributed by atoms with van der Waals surface area (Å²) >= 11 is 0. The molecule has 0 atom stereocenters. The molecule has 0 heterocycles. The third-order valence-electron chi connectivity index (χ3n) is 0. The minimum atomic E-state index is 0. The van der Waals surface area contributed by atoms with Gasteiger partial charge in [0.2, 0.25) is 0 Å². The van der Waals surface area contributed by atoms with Gasteiger partial charge in [0.1, 0.15) is 0 Å². The largest absolute Gasteiger partial charge is 0.724 e. The van der Waals surface area contributed by atoms with Crippen LogP contribution in [0.15, 0.2) is 0 Å². The van der Waals surface area contributed by atoms with Gasteiger partial charge in [-0.2, -0.15) is 0 Å². The number of rotatable bonds is 0. The second kappa shape index (κ2) is 27.8. The van der Waals surface area contributed by atoms with Gasteiger partial charge in [0, 0.05) is 19.5 Å². The summed E-state index contributed by atoms with van der Waals surface area (Å²) in [6, 6.07) is 0. The summed E-state index contributed by atoms with van der Waals surface area (Å²) in [6.07, 6.45) is 0.500. The molecule has 0 aliphatic heterocycles. The molecule has 1 radical (unpaired) electrons. The molecule has 0 bridgehead atoms. The van der Waals surface area contributed by atoms with Crippen LogP contribution in [0.25, 0.3) is 5.41 Å². The molecule has 0 spiro atoms. The van der Waals surface area contributed by atoms with E-state index in [4.69, 9.17) is 10.2 Å². The van der Waals surface area contributed by atoms with Crippen molar-refractivity contribution in [3.63, 3.8) is 0 Å². The van der Waals surface area contributed by atoms with Gasteiger partial charge >= 0.3 is 0 Å². The molecule has 0 aromatic carbocycles. The van der Waals surface area contributed by atoms with Gasteiger partial charge in [0.05, 0.1) is 0 Å². The first-order valence-corrected chi connectivity index (χ1v) is 0.428. The van der Waals surface area contributed by atoms with E-state index < -0.39 is 0 Å². The maximum absolute atomic E-state index is 8.24. The van der Waals surface area contributed by atoms with Gasteiger partial charge in [-0.25, -0.2) is 0 Å². The molecule has 33 valence electrons. The second-order valence-corrected chi connectivity index (χ2v) is 0.0913. The van der Waals surface area contributed by atoms with E-state index in [2.05, 4.69) is 0 Å². The predicted octanol–water partition coefficient (Wildman–Crippen LogP) is 0.311. The van der Waals surface area contributed by atoms with E-state index in [1.54, 1.807) is 0 Å². The Hall–Kier alpha value is 0.293. The Bertz CT molecular complexity index is 32.6. The van der Waals surface area contributed by atoms with Gasteiger partial charge in [-0.15, -0.1) is 12.4 Å². The van der Waals surface area contributed by atoms with Crippen LogP contribution in [0, 0.1) is 0 Å². The average molecular weight is 181 g/mol. The molecule has 0 aliphatic carbocycles. The van der Waals surface area contributed by atoms with Crippen molar-refractivity contribution in [3.8, 4) is 0 Å². The minimum absolute atomic E-state index is 0. The van der Waals surface area contributed by atoms with Crippen LogP contribution in [-0.4, -0.2) is 6.08 Å². The van der Waals surface area contributed by atoms with Gasteiger partial charge in [-0.1, -0.05) is 0 Å². The van der Waals surface area contributed by atoms with Gasteiger partial charge in [0.25, 0.3) is 0 Å². The topological polar surface area (TPSA) is 39.4 Å². The summed E-state index contributed by atoms with van der Waals surface area (Å²) in [4.78, 5) is 8.24. The third kappa shape index (κ3) is 262. The first-order chi connectivity index (χ1) is 1.41. The molecule has 5 heavy (non-hydrogen) atoms. The molecule has 0 saturated carbocycles. The van der Waals surface area contributed by atoms with E-state index in [1.807, 2.05) is 0 Å². The normalized spacial score (nSPS) is 1.60. The van der Waals surface area contributed by atoms with E-state index >= 15 is 0 Å². The van der Waals surface area contributed by atoms with Crippen LogP contribution in [0.1, 0.15) is 0 Å². The molecule has 0 aromatic heterocycles. The standard InChI is InChI=1S/CNO.ClH.Rh/c2-1-3;;/h;1H;/q-1;;. The zero-order valence-electron chi connectivity index (χ0n) is 2.10. The van der Waals surface area contributed by atoms with Crippen molar-refractivity contribution in [1.29, 1.82) is 0 Å². The van der Waals surface area contributed by atoms with Crippen molar-refractivity contribution in [2.75, 3.05) is 0 Å². The Balaban J connectivity index is -0.0000000200. The van der Waals surface area contributed by atoms with Gasteiger partial charge < -0.3 is 5.41 Å². The molecule has 0 saturated heterocycles. The molecular formula is CHClNORh-. The van der Waals surface area contributed by atoms with Gasteiger partial charge in [-0.05, 0) is 6.08 Å². The molecule has 4 heteroatoms. The van der Waals surface area contributed by atoms with Crippen molar-refractivity contribution in [2.45, 2.75) is 0 Å². The monoisotopic (exact) mass is 181 g/mol. The number of isocyanates is 1. The molecule has 0 N–H and O–H groups in total. The molecule has 0 aliphatic rings. The Morgan fingerprint density at radius 3 is 1.60 bits per heavy atom. The van der Waals surface area contributed by atoms with E-state index in [9.17, 15) is 0 Å². The molecule has 0 aromatic rings. The smallest absolute Gasteiger partial charge is 0 e. The molecule has 0 fully saturated rings. The maximum Gasteiger partial charge on any atom is 0 e. The minimum Gasteiger partial charge on any atom is -0.724 e. The van der Waals surface area contributed by atoms with Crippen LogP contribution in [0.4, 0.5) is 0 Å². The van der Waals surface area contributed by atoms with Crippen molar-refractivity contribution in [3.05, 3.63) is 5.41 Å². The number of halogens is 1. The van der Waals surface area contributed by atoms with Crippen LogP contribution >= 0.6 is 12.4 Å². The van der Waals surface area contributed by atoms with Crippen LogP contribution in [0.3, 0.4) is 0 Å². The molecule has 0 rings (SSSR count). The van der Waals surface area contributed by atoms with Crippen molar-refractivity contribution in [2.24, 2.45) is 0 Å². The van der Waals surface area contributed by atoms with E-state index in [0.717, 1.165) is 0 Å². The van der Waals surface area contributed by atoms with E-state index in [0.29, 0.717) is 6.08 Å². The summed E-state index contributed by atoms with van der Waals surface area (Å²) in [6.45, 7) is 0. The van der Waals surface area contributed by atoms with E-state index in [1.165, 1.54) is 0 Å². The molecular weight excluding hydrogens is 180 g/mol. The number of hydrogen-bond donors (Lipinski definition) is 0.